The third kappa shape index (κ3) is 3.08. The van der Waals surface area contributed by atoms with Crippen molar-refractivity contribution in [2.75, 3.05) is 18.0 Å². The Morgan fingerprint density at radius 3 is 2.26 bits per heavy atom. The van der Waals surface area contributed by atoms with Crippen LogP contribution < -0.4 is 4.90 Å². The minimum atomic E-state index is 0.0484. The van der Waals surface area contributed by atoms with Crippen molar-refractivity contribution in [3.05, 3.63) is 73.2 Å². The molecule has 2 aromatic heterocycles. The van der Waals surface area contributed by atoms with Gasteiger partial charge in [0.25, 0.3) is 0 Å². The van der Waals surface area contributed by atoms with E-state index >= 15 is 0 Å². The van der Waals surface area contributed by atoms with E-state index in [0.29, 0.717) is 19.1 Å². The SMILES string of the molecule is O=C(N1CCC(n2cnc3cccnc32)CC1)N1c2ccccc2Sc2ccccc21. The third-order valence-electron chi connectivity index (χ3n) is 6.08. The van der Waals surface area contributed by atoms with Gasteiger partial charge in [0, 0.05) is 35.1 Å². The molecule has 6 rings (SSSR count). The molecule has 0 unspecified atom stereocenters. The summed E-state index contributed by atoms with van der Waals surface area (Å²) < 4.78 is 2.17. The molecule has 1 saturated heterocycles. The molecule has 2 aliphatic heterocycles. The first-order chi connectivity index (χ1) is 15.3. The van der Waals surface area contributed by atoms with Crippen LogP contribution in [0.15, 0.2) is 83.0 Å². The zero-order valence-electron chi connectivity index (χ0n) is 16.9. The van der Waals surface area contributed by atoms with Crippen LogP contribution in [0, 0.1) is 0 Å². The fourth-order valence-electron chi connectivity index (χ4n) is 4.52. The molecule has 2 aliphatic rings. The van der Waals surface area contributed by atoms with Crippen molar-refractivity contribution in [2.45, 2.75) is 28.7 Å². The summed E-state index contributed by atoms with van der Waals surface area (Å²) in [6, 6.07) is 20.5. The van der Waals surface area contributed by atoms with Crippen LogP contribution in [0.1, 0.15) is 18.9 Å². The van der Waals surface area contributed by atoms with Crippen LogP contribution in [-0.2, 0) is 0 Å². The number of hydrogen-bond acceptors (Lipinski definition) is 4. The number of piperidine rings is 1. The van der Waals surface area contributed by atoms with Crippen LogP contribution in [0.4, 0.5) is 16.2 Å². The second kappa shape index (κ2) is 7.42. The van der Waals surface area contributed by atoms with Crippen molar-refractivity contribution in [1.82, 2.24) is 19.4 Å². The van der Waals surface area contributed by atoms with Crippen LogP contribution in [-0.4, -0.2) is 38.6 Å². The molecule has 0 spiro atoms. The van der Waals surface area contributed by atoms with Crippen molar-refractivity contribution in [3.8, 4) is 0 Å². The van der Waals surface area contributed by atoms with Gasteiger partial charge in [0.2, 0.25) is 0 Å². The molecule has 154 valence electrons. The van der Waals surface area contributed by atoms with Crippen LogP contribution in [0.3, 0.4) is 0 Å². The Kier molecular flexibility index (Phi) is 4.42. The predicted octanol–water partition coefficient (Wildman–Crippen LogP) is 5.49. The second-order valence-electron chi connectivity index (χ2n) is 7.87. The van der Waals surface area contributed by atoms with Crippen molar-refractivity contribution >= 4 is 40.3 Å². The lowest BCUT2D eigenvalue weighted by Crippen LogP contribution is -2.46. The molecule has 4 aromatic rings. The standard InChI is InChI=1S/C24H21N5OS/c30-24(29-19-7-1-3-9-21(19)31-22-10-4-2-8-20(22)29)27-14-11-17(12-15-27)28-16-26-18-6-5-13-25-23(18)28/h1-10,13,16-17H,11-12,14-15H2. The van der Waals surface area contributed by atoms with Crippen molar-refractivity contribution in [3.63, 3.8) is 0 Å². The first-order valence-corrected chi connectivity index (χ1v) is 11.3. The summed E-state index contributed by atoms with van der Waals surface area (Å²) in [5.41, 5.74) is 3.76. The van der Waals surface area contributed by atoms with Crippen molar-refractivity contribution in [2.24, 2.45) is 0 Å². The normalized spacial score (nSPS) is 16.3. The van der Waals surface area contributed by atoms with E-state index in [-0.39, 0.29) is 6.03 Å². The minimum Gasteiger partial charge on any atom is -0.324 e. The molecule has 0 aliphatic carbocycles. The molecule has 0 radical (unpaired) electrons. The molecule has 31 heavy (non-hydrogen) atoms. The highest BCUT2D eigenvalue weighted by Gasteiger charge is 2.33. The molecule has 4 heterocycles. The number of hydrogen-bond donors (Lipinski definition) is 0. The Balaban J connectivity index is 1.26. The lowest BCUT2D eigenvalue weighted by atomic mass is 10.0. The van der Waals surface area contributed by atoms with Crippen LogP contribution in [0.5, 0.6) is 0 Å². The highest BCUT2D eigenvalue weighted by atomic mass is 32.2. The molecule has 6 nitrogen and oxygen atoms in total. The number of carbonyl (C=O) groups is 1. The van der Waals surface area contributed by atoms with Crippen molar-refractivity contribution in [1.29, 1.82) is 0 Å². The number of urea groups is 1. The van der Waals surface area contributed by atoms with Crippen LogP contribution in [0.2, 0.25) is 0 Å². The van der Waals surface area contributed by atoms with Gasteiger partial charge in [-0.2, -0.15) is 0 Å². The van der Waals surface area contributed by atoms with E-state index in [0.717, 1.165) is 45.2 Å². The molecule has 0 bridgehead atoms. The van der Waals surface area contributed by atoms with Gasteiger partial charge in [-0.1, -0.05) is 36.0 Å². The van der Waals surface area contributed by atoms with Crippen LogP contribution >= 0.6 is 11.8 Å². The smallest absolute Gasteiger partial charge is 0.324 e. The number of amides is 2. The summed E-state index contributed by atoms with van der Waals surface area (Å²) in [6.45, 7) is 1.42. The van der Waals surface area contributed by atoms with Gasteiger partial charge < -0.3 is 9.47 Å². The molecule has 2 aromatic carbocycles. The Morgan fingerprint density at radius 2 is 1.55 bits per heavy atom. The summed E-state index contributed by atoms with van der Waals surface area (Å²) >= 11 is 1.72. The predicted molar refractivity (Wildman–Crippen MR) is 122 cm³/mol. The van der Waals surface area contributed by atoms with E-state index < -0.39 is 0 Å². The van der Waals surface area contributed by atoms with E-state index in [1.54, 1.807) is 11.8 Å². The first-order valence-electron chi connectivity index (χ1n) is 10.5. The number of para-hydroxylation sites is 2. The molecule has 1 fully saturated rings. The van der Waals surface area contributed by atoms with E-state index in [4.69, 9.17) is 0 Å². The lowest BCUT2D eigenvalue weighted by molar-refractivity contribution is 0.180. The van der Waals surface area contributed by atoms with E-state index in [9.17, 15) is 4.79 Å². The summed E-state index contributed by atoms with van der Waals surface area (Å²) in [4.78, 5) is 28.8. The molecular weight excluding hydrogens is 406 g/mol. The number of imidazole rings is 1. The largest absolute Gasteiger partial charge is 0.329 e. The molecule has 0 atom stereocenters. The molecule has 7 heteroatoms. The fourth-order valence-corrected chi connectivity index (χ4v) is 5.58. The summed E-state index contributed by atoms with van der Waals surface area (Å²) in [7, 11) is 0. The average molecular weight is 428 g/mol. The summed E-state index contributed by atoms with van der Waals surface area (Å²) in [5, 5.41) is 0. The number of nitrogens with zero attached hydrogens (tertiary/aromatic N) is 5. The number of likely N-dealkylation sites (tertiary alicyclic amines) is 1. The van der Waals surface area contributed by atoms with Gasteiger partial charge in [-0.25, -0.2) is 14.8 Å². The monoisotopic (exact) mass is 427 g/mol. The fraction of sp³-hybridized carbons (Fsp3) is 0.208. The number of aromatic nitrogens is 3. The number of benzene rings is 2. The topological polar surface area (TPSA) is 54.3 Å². The quantitative estimate of drug-likeness (QED) is 0.403. The highest BCUT2D eigenvalue weighted by molar-refractivity contribution is 7.99. The zero-order valence-corrected chi connectivity index (χ0v) is 17.7. The number of rotatable bonds is 1. The average Bonchev–Trinajstić information content (AvgIpc) is 3.26. The van der Waals surface area contributed by atoms with Gasteiger partial charge in [0.1, 0.15) is 5.52 Å². The van der Waals surface area contributed by atoms with Gasteiger partial charge in [-0.15, -0.1) is 0 Å². The molecule has 0 N–H and O–H groups in total. The number of carbonyl (C=O) groups excluding carboxylic acids is 1. The van der Waals surface area contributed by atoms with E-state index in [2.05, 4.69) is 26.7 Å². The third-order valence-corrected chi connectivity index (χ3v) is 7.21. The number of anilines is 2. The van der Waals surface area contributed by atoms with Gasteiger partial charge in [-0.3, -0.25) is 4.90 Å². The maximum Gasteiger partial charge on any atom is 0.329 e. The Labute approximate surface area is 184 Å². The summed E-state index contributed by atoms with van der Waals surface area (Å²) in [6.07, 6.45) is 5.47. The lowest BCUT2D eigenvalue weighted by Gasteiger charge is -2.38. The number of fused-ring (bicyclic) bond motifs is 3. The Morgan fingerprint density at radius 1 is 0.871 bits per heavy atom. The Bertz CT molecular complexity index is 1230. The molecular formula is C24H21N5OS. The van der Waals surface area contributed by atoms with E-state index in [1.807, 2.05) is 70.9 Å². The van der Waals surface area contributed by atoms with Gasteiger partial charge >= 0.3 is 6.03 Å². The molecule has 2 amide bonds. The highest BCUT2D eigenvalue weighted by Crippen LogP contribution is 2.48. The Hall–Kier alpha value is -3.32. The maximum absolute atomic E-state index is 13.7. The van der Waals surface area contributed by atoms with Gasteiger partial charge in [0.15, 0.2) is 5.65 Å². The summed E-state index contributed by atoms with van der Waals surface area (Å²) in [5.74, 6) is 0. The van der Waals surface area contributed by atoms with Crippen LogP contribution in [0.25, 0.3) is 11.2 Å². The molecule has 0 saturated carbocycles. The zero-order chi connectivity index (χ0) is 20.8. The minimum absolute atomic E-state index is 0.0484. The van der Waals surface area contributed by atoms with E-state index in [1.165, 1.54) is 0 Å². The first kappa shape index (κ1) is 18.4. The van der Waals surface area contributed by atoms with Gasteiger partial charge in [-0.05, 0) is 49.2 Å². The van der Waals surface area contributed by atoms with Gasteiger partial charge in [0.05, 0.1) is 17.7 Å². The second-order valence-corrected chi connectivity index (χ2v) is 8.96. The maximum atomic E-state index is 13.7. The number of pyridine rings is 1. The van der Waals surface area contributed by atoms with Crippen molar-refractivity contribution < 1.29 is 4.79 Å².